The van der Waals surface area contributed by atoms with Gasteiger partial charge in [0, 0.05) is 28.2 Å². The van der Waals surface area contributed by atoms with Crippen molar-refractivity contribution < 1.29 is 4.79 Å². The van der Waals surface area contributed by atoms with Crippen LogP contribution in [0.5, 0.6) is 0 Å². The van der Waals surface area contributed by atoms with Crippen molar-refractivity contribution in [2.45, 2.75) is 33.2 Å². The molecule has 5 heteroatoms. The summed E-state index contributed by atoms with van der Waals surface area (Å²) in [5.74, 6) is -0.0937. The van der Waals surface area contributed by atoms with E-state index in [1.165, 1.54) is 0 Å². The zero-order chi connectivity index (χ0) is 19.4. The van der Waals surface area contributed by atoms with E-state index in [9.17, 15) is 9.59 Å². The molecule has 2 aromatic carbocycles. The van der Waals surface area contributed by atoms with Crippen molar-refractivity contribution in [3.63, 3.8) is 0 Å². The van der Waals surface area contributed by atoms with E-state index >= 15 is 0 Å². The molecule has 0 aliphatic rings. The highest BCUT2D eigenvalue weighted by Crippen LogP contribution is 2.17. The molecule has 0 unspecified atom stereocenters. The summed E-state index contributed by atoms with van der Waals surface area (Å²) in [7, 11) is 0. The molecular formula is C22H23ClN2O2. The predicted octanol–water partition coefficient (Wildman–Crippen LogP) is 4.93. The molecule has 0 spiro atoms. The van der Waals surface area contributed by atoms with Crippen LogP contribution < -0.4 is 5.56 Å². The van der Waals surface area contributed by atoms with Crippen LogP contribution in [-0.4, -0.2) is 22.3 Å². The second kappa shape index (κ2) is 8.40. The van der Waals surface area contributed by atoms with Crippen molar-refractivity contribution in [2.24, 2.45) is 0 Å². The van der Waals surface area contributed by atoms with E-state index in [4.69, 9.17) is 11.6 Å². The average molecular weight is 383 g/mol. The molecule has 140 valence electrons. The summed E-state index contributed by atoms with van der Waals surface area (Å²) in [6.45, 7) is 4.97. The molecule has 27 heavy (non-hydrogen) atoms. The van der Waals surface area contributed by atoms with Gasteiger partial charge in [0.15, 0.2) is 0 Å². The van der Waals surface area contributed by atoms with Gasteiger partial charge in [-0.3, -0.25) is 9.59 Å². The highest BCUT2D eigenvalue weighted by Gasteiger charge is 2.17. The van der Waals surface area contributed by atoms with Crippen molar-refractivity contribution >= 4 is 28.4 Å². The van der Waals surface area contributed by atoms with Gasteiger partial charge in [-0.25, -0.2) is 0 Å². The Labute approximate surface area is 163 Å². The molecule has 0 radical (unpaired) electrons. The number of nitrogens with zero attached hydrogens (tertiary/aromatic N) is 1. The summed E-state index contributed by atoms with van der Waals surface area (Å²) in [6.07, 6.45) is 1.85. The average Bonchev–Trinajstić information content (AvgIpc) is 2.66. The van der Waals surface area contributed by atoms with Gasteiger partial charge < -0.3 is 9.88 Å². The Morgan fingerprint density at radius 3 is 2.56 bits per heavy atom. The summed E-state index contributed by atoms with van der Waals surface area (Å²) in [4.78, 5) is 30.1. The van der Waals surface area contributed by atoms with E-state index in [-0.39, 0.29) is 18.0 Å². The number of H-pyrrole nitrogens is 1. The van der Waals surface area contributed by atoms with E-state index in [1.807, 2.05) is 31.2 Å². The first-order chi connectivity index (χ1) is 13.0. The lowest BCUT2D eigenvalue weighted by Crippen LogP contribution is -2.33. The minimum atomic E-state index is -0.156. The first-order valence-corrected chi connectivity index (χ1v) is 9.53. The van der Waals surface area contributed by atoms with E-state index in [1.54, 1.807) is 29.2 Å². The number of hydrogen-bond acceptors (Lipinski definition) is 2. The number of carbonyl (C=O) groups excluding carboxylic acids is 1. The first-order valence-electron chi connectivity index (χ1n) is 9.15. The monoisotopic (exact) mass is 382 g/mol. The van der Waals surface area contributed by atoms with Gasteiger partial charge in [0.05, 0.1) is 6.54 Å². The van der Waals surface area contributed by atoms with Gasteiger partial charge in [0.1, 0.15) is 0 Å². The summed E-state index contributed by atoms with van der Waals surface area (Å²) in [5, 5.41) is 1.56. The number of carbonyl (C=O) groups is 1. The fourth-order valence-electron chi connectivity index (χ4n) is 3.07. The van der Waals surface area contributed by atoms with E-state index in [0.29, 0.717) is 22.7 Å². The number of nitrogens with one attached hydrogen (secondary N) is 1. The number of rotatable bonds is 6. The molecule has 1 aromatic heterocycles. The highest BCUT2D eigenvalue weighted by molar-refractivity contribution is 6.30. The number of aromatic amines is 1. The Balaban J connectivity index is 1.93. The van der Waals surface area contributed by atoms with Crippen LogP contribution in [0.4, 0.5) is 0 Å². The molecule has 0 saturated heterocycles. The lowest BCUT2D eigenvalue weighted by atomic mass is 10.1. The normalized spacial score (nSPS) is 10.9. The minimum absolute atomic E-state index is 0.0937. The Hall–Kier alpha value is -2.59. The van der Waals surface area contributed by atoms with Crippen molar-refractivity contribution in [3.05, 3.63) is 80.6 Å². The summed E-state index contributed by atoms with van der Waals surface area (Å²) >= 11 is 5.93. The smallest absolute Gasteiger partial charge is 0.254 e. The number of aromatic nitrogens is 1. The maximum absolute atomic E-state index is 13.0. The molecular weight excluding hydrogens is 360 g/mol. The third-order valence-electron chi connectivity index (χ3n) is 4.60. The SMILES string of the molecule is CCCCN(Cc1cc2cc(C)ccc2[nH]c1=O)C(=O)c1ccc(Cl)cc1. The van der Waals surface area contributed by atoms with Crippen LogP contribution in [-0.2, 0) is 6.54 Å². The highest BCUT2D eigenvalue weighted by atomic mass is 35.5. The van der Waals surface area contributed by atoms with Gasteiger partial charge >= 0.3 is 0 Å². The topological polar surface area (TPSA) is 53.2 Å². The van der Waals surface area contributed by atoms with E-state index in [2.05, 4.69) is 11.9 Å². The number of fused-ring (bicyclic) bond motifs is 1. The van der Waals surface area contributed by atoms with Gasteiger partial charge in [-0.1, -0.05) is 36.6 Å². The standard InChI is InChI=1S/C22H23ClN2O2/c1-3-4-11-25(22(27)16-6-8-19(23)9-7-16)14-18-13-17-12-15(2)5-10-20(17)24-21(18)26/h5-10,12-13H,3-4,11,14H2,1-2H3,(H,24,26). The summed E-state index contributed by atoms with van der Waals surface area (Å²) in [5.41, 5.74) is 2.94. The van der Waals surface area contributed by atoms with Crippen LogP contribution in [0.3, 0.4) is 0 Å². The van der Waals surface area contributed by atoms with Crippen LogP contribution in [0.15, 0.2) is 53.3 Å². The number of hydrogen-bond donors (Lipinski definition) is 1. The minimum Gasteiger partial charge on any atom is -0.334 e. The molecule has 3 aromatic rings. The molecule has 3 rings (SSSR count). The number of halogens is 1. The van der Waals surface area contributed by atoms with Gasteiger partial charge in [-0.15, -0.1) is 0 Å². The van der Waals surface area contributed by atoms with E-state index < -0.39 is 0 Å². The maximum Gasteiger partial charge on any atom is 0.254 e. The molecule has 0 fully saturated rings. The Morgan fingerprint density at radius 2 is 1.85 bits per heavy atom. The zero-order valence-electron chi connectivity index (χ0n) is 15.6. The van der Waals surface area contributed by atoms with Crippen LogP contribution >= 0.6 is 11.6 Å². The van der Waals surface area contributed by atoms with Crippen molar-refractivity contribution in [2.75, 3.05) is 6.54 Å². The van der Waals surface area contributed by atoms with Gasteiger partial charge in [0.25, 0.3) is 11.5 Å². The lowest BCUT2D eigenvalue weighted by molar-refractivity contribution is 0.0740. The van der Waals surface area contributed by atoms with E-state index in [0.717, 1.165) is 29.3 Å². The van der Waals surface area contributed by atoms with Crippen LogP contribution in [0, 0.1) is 6.92 Å². The molecule has 1 N–H and O–H groups in total. The Kier molecular flexibility index (Phi) is 5.97. The van der Waals surface area contributed by atoms with Crippen molar-refractivity contribution in [3.8, 4) is 0 Å². The third kappa shape index (κ3) is 4.58. The van der Waals surface area contributed by atoms with Gasteiger partial charge in [-0.05, 0) is 61.2 Å². The van der Waals surface area contributed by atoms with Crippen molar-refractivity contribution in [1.29, 1.82) is 0 Å². The van der Waals surface area contributed by atoms with Crippen LogP contribution in [0.25, 0.3) is 10.9 Å². The second-order valence-corrected chi connectivity index (χ2v) is 7.24. The van der Waals surface area contributed by atoms with Gasteiger partial charge in [0.2, 0.25) is 0 Å². The Morgan fingerprint density at radius 1 is 1.11 bits per heavy atom. The number of aryl methyl sites for hydroxylation is 1. The summed E-state index contributed by atoms with van der Waals surface area (Å²) < 4.78 is 0. The molecule has 0 aliphatic heterocycles. The predicted molar refractivity (Wildman–Crippen MR) is 110 cm³/mol. The fourth-order valence-corrected chi connectivity index (χ4v) is 3.20. The number of pyridine rings is 1. The maximum atomic E-state index is 13.0. The zero-order valence-corrected chi connectivity index (χ0v) is 16.3. The molecule has 1 amide bonds. The Bertz CT molecular complexity index is 1010. The lowest BCUT2D eigenvalue weighted by Gasteiger charge is -2.22. The number of benzene rings is 2. The molecule has 0 atom stereocenters. The third-order valence-corrected chi connectivity index (χ3v) is 4.85. The summed E-state index contributed by atoms with van der Waals surface area (Å²) in [6, 6.07) is 14.6. The largest absolute Gasteiger partial charge is 0.334 e. The molecule has 4 nitrogen and oxygen atoms in total. The van der Waals surface area contributed by atoms with Crippen LogP contribution in [0.2, 0.25) is 5.02 Å². The fraction of sp³-hybridized carbons (Fsp3) is 0.273. The molecule has 0 saturated carbocycles. The number of unbranched alkanes of at least 4 members (excludes halogenated alkanes) is 1. The second-order valence-electron chi connectivity index (χ2n) is 6.80. The van der Waals surface area contributed by atoms with Gasteiger partial charge in [-0.2, -0.15) is 0 Å². The van der Waals surface area contributed by atoms with Crippen LogP contribution in [0.1, 0.15) is 41.3 Å². The van der Waals surface area contributed by atoms with Crippen molar-refractivity contribution in [1.82, 2.24) is 9.88 Å². The first kappa shape index (κ1) is 19.2. The quantitative estimate of drug-likeness (QED) is 0.657. The molecule has 0 aliphatic carbocycles. The molecule has 0 bridgehead atoms. The molecule has 1 heterocycles. The number of amides is 1.